The molecule has 2 saturated heterocycles. The highest BCUT2D eigenvalue weighted by Gasteiger charge is 2.38. The van der Waals surface area contributed by atoms with E-state index in [1.165, 1.54) is 0 Å². The number of carbonyl (C=O) groups is 2. The summed E-state index contributed by atoms with van der Waals surface area (Å²) in [5.41, 5.74) is -0.843. The predicted octanol–water partition coefficient (Wildman–Crippen LogP) is -0.261. The van der Waals surface area contributed by atoms with Gasteiger partial charge in [-0.3, -0.25) is 4.79 Å². The smallest absolute Gasteiger partial charge is 0.320 e. The molecule has 0 spiro atoms. The highest BCUT2D eigenvalue weighted by molar-refractivity contribution is 5.76. The molecule has 2 amide bonds. The van der Waals surface area contributed by atoms with Crippen molar-refractivity contribution in [2.24, 2.45) is 0 Å². The number of amides is 2. The van der Waals surface area contributed by atoms with E-state index >= 15 is 0 Å². The van der Waals surface area contributed by atoms with Crippen LogP contribution in [0.4, 0.5) is 4.79 Å². The molecule has 19 heavy (non-hydrogen) atoms. The normalized spacial score (nSPS) is 31.6. The van der Waals surface area contributed by atoms with Crippen molar-refractivity contribution in [1.29, 1.82) is 0 Å². The van der Waals surface area contributed by atoms with Gasteiger partial charge in [0.15, 0.2) is 0 Å². The highest BCUT2D eigenvalue weighted by atomic mass is 16.5. The molecule has 2 aliphatic rings. The topological polar surface area (TPSA) is 90.3 Å². The van der Waals surface area contributed by atoms with Gasteiger partial charge in [-0.15, -0.1) is 0 Å². The van der Waals surface area contributed by atoms with Gasteiger partial charge in [-0.25, -0.2) is 4.79 Å². The van der Waals surface area contributed by atoms with E-state index in [0.717, 1.165) is 0 Å². The zero-order valence-electron chi connectivity index (χ0n) is 11.0. The number of aliphatic hydroxyl groups is 1. The van der Waals surface area contributed by atoms with Gasteiger partial charge in [-0.2, -0.15) is 0 Å². The second kappa shape index (κ2) is 5.34. The number of nitrogens with zero attached hydrogens (tertiary/aromatic N) is 2. The molecular weight excluding hydrogens is 252 g/mol. The maximum Gasteiger partial charge on any atom is 0.320 e. The molecule has 2 unspecified atom stereocenters. The second-order valence-corrected chi connectivity index (χ2v) is 5.47. The number of aliphatic carboxylic acids is 1. The molecule has 2 fully saturated rings. The Kier molecular flexibility index (Phi) is 3.96. The summed E-state index contributed by atoms with van der Waals surface area (Å²) in [4.78, 5) is 26.3. The lowest BCUT2D eigenvalue weighted by molar-refractivity contribution is -0.139. The summed E-state index contributed by atoms with van der Waals surface area (Å²) in [7, 11) is 0. The summed E-state index contributed by atoms with van der Waals surface area (Å²) in [6.45, 7) is 3.57. The zero-order chi connectivity index (χ0) is 14.0. The average Bonchev–Trinajstić information content (AvgIpc) is 2.69. The molecule has 108 valence electrons. The van der Waals surface area contributed by atoms with Crippen LogP contribution in [0.1, 0.15) is 19.8 Å². The standard InChI is InChI=1S/C12H20N2O5/c1-12(18)2-3-13(8-12)11(17)14-4-5-19-7-9(14)6-10(15)16/h9,18H,2-8H2,1H3,(H,15,16). The van der Waals surface area contributed by atoms with Crippen LogP contribution in [-0.4, -0.2) is 76.5 Å². The Labute approximate surface area is 111 Å². The van der Waals surface area contributed by atoms with Gasteiger partial charge >= 0.3 is 12.0 Å². The fourth-order valence-electron chi connectivity index (χ4n) is 2.57. The van der Waals surface area contributed by atoms with Gasteiger partial charge in [0, 0.05) is 13.1 Å². The Balaban J connectivity index is 2.01. The number of likely N-dealkylation sites (tertiary alicyclic amines) is 1. The van der Waals surface area contributed by atoms with Gasteiger partial charge in [0.2, 0.25) is 0 Å². The van der Waals surface area contributed by atoms with E-state index in [1.807, 2.05) is 0 Å². The third-order valence-corrected chi connectivity index (χ3v) is 3.61. The first-order valence-corrected chi connectivity index (χ1v) is 6.46. The first-order valence-electron chi connectivity index (χ1n) is 6.46. The zero-order valence-corrected chi connectivity index (χ0v) is 11.0. The van der Waals surface area contributed by atoms with Crippen LogP contribution in [0.15, 0.2) is 0 Å². The van der Waals surface area contributed by atoms with Crippen LogP contribution < -0.4 is 0 Å². The summed E-state index contributed by atoms with van der Waals surface area (Å²) in [5.74, 6) is -0.943. The number of urea groups is 1. The molecule has 0 aromatic carbocycles. The van der Waals surface area contributed by atoms with E-state index in [9.17, 15) is 14.7 Å². The molecule has 2 N–H and O–H groups in total. The van der Waals surface area contributed by atoms with E-state index < -0.39 is 17.6 Å². The van der Waals surface area contributed by atoms with Crippen molar-refractivity contribution in [2.45, 2.75) is 31.4 Å². The molecular formula is C12H20N2O5. The lowest BCUT2D eigenvalue weighted by atomic mass is 10.1. The molecule has 7 nitrogen and oxygen atoms in total. The number of β-amino-alcohol motifs (C(OH)–C–C–N with tert-alkyl or cyclic N) is 1. The Morgan fingerprint density at radius 2 is 2.16 bits per heavy atom. The number of carbonyl (C=O) groups excluding carboxylic acids is 1. The molecule has 2 heterocycles. The summed E-state index contributed by atoms with van der Waals surface area (Å²) < 4.78 is 5.24. The van der Waals surface area contributed by atoms with Gasteiger partial charge in [-0.05, 0) is 13.3 Å². The monoisotopic (exact) mass is 272 g/mol. The van der Waals surface area contributed by atoms with Crippen molar-refractivity contribution in [2.75, 3.05) is 32.8 Å². The number of carboxylic acids is 1. The van der Waals surface area contributed by atoms with Crippen LogP contribution in [0, 0.1) is 0 Å². The summed E-state index contributed by atoms with van der Waals surface area (Å²) in [5, 5.41) is 18.8. The molecule has 0 aromatic rings. The van der Waals surface area contributed by atoms with Gasteiger partial charge in [-0.1, -0.05) is 0 Å². The van der Waals surface area contributed by atoms with Crippen LogP contribution >= 0.6 is 0 Å². The van der Waals surface area contributed by atoms with Gasteiger partial charge in [0.05, 0.1) is 37.8 Å². The van der Waals surface area contributed by atoms with Gasteiger partial charge in [0.25, 0.3) is 0 Å². The quantitative estimate of drug-likeness (QED) is 0.722. The van der Waals surface area contributed by atoms with E-state index in [-0.39, 0.29) is 19.1 Å². The Morgan fingerprint density at radius 1 is 1.42 bits per heavy atom. The Bertz CT molecular complexity index is 371. The lowest BCUT2D eigenvalue weighted by Gasteiger charge is -2.37. The molecule has 2 atom stereocenters. The van der Waals surface area contributed by atoms with Crippen molar-refractivity contribution < 1.29 is 24.5 Å². The third-order valence-electron chi connectivity index (χ3n) is 3.61. The molecule has 2 rings (SSSR count). The molecule has 0 saturated carbocycles. The number of morpholine rings is 1. The Morgan fingerprint density at radius 3 is 2.74 bits per heavy atom. The summed E-state index contributed by atoms with van der Waals surface area (Å²) >= 11 is 0. The van der Waals surface area contributed by atoms with Crippen LogP contribution in [0.3, 0.4) is 0 Å². The van der Waals surface area contributed by atoms with E-state index in [2.05, 4.69) is 0 Å². The van der Waals surface area contributed by atoms with Crippen LogP contribution in [0.5, 0.6) is 0 Å². The molecule has 2 aliphatic heterocycles. The third kappa shape index (κ3) is 3.36. The molecule has 7 heteroatoms. The number of hydrogen-bond donors (Lipinski definition) is 2. The predicted molar refractivity (Wildman–Crippen MR) is 65.8 cm³/mol. The highest BCUT2D eigenvalue weighted by Crippen LogP contribution is 2.23. The van der Waals surface area contributed by atoms with Crippen LogP contribution in [0.2, 0.25) is 0 Å². The maximum atomic E-state index is 12.4. The van der Waals surface area contributed by atoms with Gasteiger partial charge < -0.3 is 24.7 Å². The summed E-state index contributed by atoms with van der Waals surface area (Å²) in [6.07, 6.45) is 0.433. The minimum atomic E-state index is -0.943. The molecule has 0 aliphatic carbocycles. The van der Waals surface area contributed by atoms with Crippen LogP contribution in [-0.2, 0) is 9.53 Å². The largest absolute Gasteiger partial charge is 0.481 e. The van der Waals surface area contributed by atoms with Crippen molar-refractivity contribution in [1.82, 2.24) is 9.80 Å². The fourth-order valence-corrected chi connectivity index (χ4v) is 2.57. The number of hydrogen-bond acceptors (Lipinski definition) is 4. The van der Waals surface area contributed by atoms with Crippen molar-refractivity contribution >= 4 is 12.0 Å². The van der Waals surface area contributed by atoms with E-state index in [1.54, 1.807) is 16.7 Å². The minimum Gasteiger partial charge on any atom is -0.481 e. The summed E-state index contributed by atoms with van der Waals surface area (Å²) in [6, 6.07) is -0.628. The second-order valence-electron chi connectivity index (χ2n) is 5.47. The van der Waals surface area contributed by atoms with Crippen molar-refractivity contribution in [3.05, 3.63) is 0 Å². The van der Waals surface area contributed by atoms with E-state index in [4.69, 9.17) is 9.84 Å². The molecule has 0 bridgehead atoms. The minimum absolute atomic E-state index is 0.115. The van der Waals surface area contributed by atoms with Crippen molar-refractivity contribution in [3.63, 3.8) is 0 Å². The number of carboxylic acid groups (broad SMARTS) is 1. The van der Waals surface area contributed by atoms with Crippen molar-refractivity contribution in [3.8, 4) is 0 Å². The first-order chi connectivity index (χ1) is 8.89. The van der Waals surface area contributed by atoms with E-state index in [0.29, 0.717) is 32.7 Å². The SMILES string of the molecule is CC1(O)CCN(C(=O)N2CCOCC2CC(=O)O)C1. The molecule has 0 aromatic heterocycles. The van der Waals surface area contributed by atoms with Crippen LogP contribution in [0.25, 0.3) is 0 Å². The lowest BCUT2D eigenvalue weighted by Crippen LogP contribution is -2.54. The Hall–Kier alpha value is -1.34. The molecule has 0 radical (unpaired) electrons. The van der Waals surface area contributed by atoms with Gasteiger partial charge in [0.1, 0.15) is 0 Å². The number of ether oxygens (including phenoxy) is 1. The maximum absolute atomic E-state index is 12.4. The number of rotatable bonds is 2. The fraction of sp³-hybridized carbons (Fsp3) is 0.833. The average molecular weight is 272 g/mol. The first kappa shape index (κ1) is 14.1.